The minimum atomic E-state index is 0.634. The van der Waals surface area contributed by atoms with E-state index in [1.165, 1.54) is 10.5 Å². The van der Waals surface area contributed by atoms with E-state index < -0.39 is 0 Å². The number of hydrogen-bond acceptors (Lipinski definition) is 2. The molecule has 0 aliphatic heterocycles. The Morgan fingerprint density at radius 1 is 1.12 bits per heavy atom. The van der Waals surface area contributed by atoms with Gasteiger partial charge in [-0.15, -0.1) is 11.8 Å². The molecule has 0 fully saturated rings. The normalized spacial score (nSPS) is 13.1. The molecule has 0 radical (unpaired) electrons. The highest BCUT2D eigenvalue weighted by Crippen LogP contribution is 2.16. The van der Waals surface area contributed by atoms with Gasteiger partial charge in [0.1, 0.15) is 0 Å². The van der Waals surface area contributed by atoms with Crippen molar-refractivity contribution in [3.63, 3.8) is 0 Å². The fourth-order valence-electron chi connectivity index (χ4n) is 2.08. The van der Waals surface area contributed by atoms with Gasteiger partial charge in [-0.2, -0.15) is 0 Å². The van der Waals surface area contributed by atoms with Crippen molar-refractivity contribution in [3.8, 4) is 0 Å². The lowest BCUT2D eigenvalue weighted by molar-refractivity contribution is 0.230. The zero-order chi connectivity index (χ0) is 12.0. The number of thioether (sulfide) groups is 1. The van der Waals surface area contributed by atoms with Crippen molar-refractivity contribution in [2.24, 2.45) is 0 Å². The average molecular weight is 237 g/mol. The van der Waals surface area contributed by atoms with Crippen LogP contribution in [0, 0.1) is 0 Å². The fraction of sp³-hybridized carbons (Fsp3) is 0.571. The first-order valence-corrected chi connectivity index (χ1v) is 7.30. The van der Waals surface area contributed by atoms with Gasteiger partial charge < -0.3 is 4.90 Å². The second kappa shape index (κ2) is 6.97. The van der Waals surface area contributed by atoms with Crippen LogP contribution in [-0.4, -0.2) is 30.3 Å². The summed E-state index contributed by atoms with van der Waals surface area (Å²) in [6.07, 6.45) is 3.27. The summed E-state index contributed by atoms with van der Waals surface area (Å²) in [6, 6.07) is 9.58. The lowest BCUT2D eigenvalue weighted by Gasteiger charge is -2.26. The number of benzene rings is 1. The van der Waals surface area contributed by atoms with Crippen LogP contribution in [0.2, 0.25) is 0 Å². The molecule has 0 N–H and O–H groups in total. The summed E-state index contributed by atoms with van der Waals surface area (Å²) in [5.74, 6) is 0. The summed E-state index contributed by atoms with van der Waals surface area (Å²) in [7, 11) is 0. The smallest absolute Gasteiger partial charge is 0.0107 e. The van der Waals surface area contributed by atoms with E-state index in [2.05, 4.69) is 56.2 Å². The van der Waals surface area contributed by atoms with Crippen molar-refractivity contribution in [3.05, 3.63) is 29.8 Å². The highest BCUT2D eigenvalue weighted by atomic mass is 32.2. The van der Waals surface area contributed by atoms with E-state index in [0.29, 0.717) is 6.04 Å². The van der Waals surface area contributed by atoms with Gasteiger partial charge in [0.2, 0.25) is 0 Å². The zero-order valence-corrected chi connectivity index (χ0v) is 11.7. The van der Waals surface area contributed by atoms with Crippen molar-refractivity contribution >= 4 is 11.8 Å². The molecule has 0 aromatic heterocycles. The van der Waals surface area contributed by atoms with Crippen molar-refractivity contribution in [2.45, 2.75) is 38.1 Å². The third-order valence-electron chi connectivity index (χ3n) is 3.13. The minimum absolute atomic E-state index is 0.634. The lowest BCUT2D eigenvalue weighted by atomic mass is 10.1. The van der Waals surface area contributed by atoms with Crippen LogP contribution in [0.3, 0.4) is 0 Å². The Balaban J connectivity index is 2.58. The van der Waals surface area contributed by atoms with E-state index in [1.807, 2.05) is 0 Å². The third-order valence-corrected chi connectivity index (χ3v) is 3.87. The molecule has 0 bridgehead atoms. The molecule has 0 saturated heterocycles. The number of likely N-dealkylation sites (N-methyl/N-ethyl adjacent to an activating group) is 1. The van der Waals surface area contributed by atoms with E-state index in [4.69, 9.17) is 0 Å². The topological polar surface area (TPSA) is 3.24 Å². The van der Waals surface area contributed by atoms with Gasteiger partial charge in [-0.25, -0.2) is 0 Å². The molecule has 1 nitrogen and oxygen atoms in total. The molecule has 1 atom stereocenters. The predicted octanol–water partition coefficient (Wildman–Crippen LogP) is 3.68. The Labute approximate surface area is 104 Å². The van der Waals surface area contributed by atoms with Crippen LogP contribution >= 0.6 is 11.8 Å². The van der Waals surface area contributed by atoms with E-state index in [1.54, 1.807) is 11.8 Å². The van der Waals surface area contributed by atoms with Gasteiger partial charge in [0, 0.05) is 10.9 Å². The Morgan fingerprint density at radius 2 is 1.69 bits per heavy atom. The van der Waals surface area contributed by atoms with E-state index in [0.717, 1.165) is 19.5 Å². The van der Waals surface area contributed by atoms with Gasteiger partial charge in [-0.05, 0) is 50.4 Å². The summed E-state index contributed by atoms with van der Waals surface area (Å²) in [5.41, 5.74) is 1.44. The Bertz CT molecular complexity index is 290. The average Bonchev–Trinajstić information content (AvgIpc) is 2.31. The van der Waals surface area contributed by atoms with Crippen LogP contribution in [-0.2, 0) is 6.42 Å². The summed E-state index contributed by atoms with van der Waals surface area (Å²) < 4.78 is 0. The van der Waals surface area contributed by atoms with Crippen LogP contribution in [0.1, 0.15) is 26.3 Å². The first kappa shape index (κ1) is 13.6. The van der Waals surface area contributed by atoms with Gasteiger partial charge in [-0.3, -0.25) is 0 Å². The highest BCUT2D eigenvalue weighted by Gasteiger charge is 2.10. The van der Waals surface area contributed by atoms with Crippen LogP contribution in [0.5, 0.6) is 0 Å². The Kier molecular flexibility index (Phi) is 5.93. The molecule has 1 aromatic carbocycles. The molecule has 0 aliphatic carbocycles. The molecule has 90 valence electrons. The predicted molar refractivity (Wildman–Crippen MR) is 74.3 cm³/mol. The first-order chi connectivity index (χ1) is 7.71. The van der Waals surface area contributed by atoms with E-state index >= 15 is 0 Å². The zero-order valence-electron chi connectivity index (χ0n) is 10.9. The Morgan fingerprint density at radius 3 is 2.12 bits per heavy atom. The third kappa shape index (κ3) is 3.84. The van der Waals surface area contributed by atoms with Crippen LogP contribution in [0.15, 0.2) is 29.2 Å². The van der Waals surface area contributed by atoms with E-state index in [9.17, 15) is 0 Å². The SMILES string of the molecule is CCN(CC)C(C)Cc1ccc(SC)cc1. The molecule has 0 aliphatic rings. The van der Waals surface area contributed by atoms with Gasteiger partial charge in [-0.1, -0.05) is 26.0 Å². The molecule has 1 aromatic rings. The van der Waals surface area contributed by atoms with Gasteiger partial charge >= 0.3 is 0 Å². The number of rotatable bonds is 6. The summed E-state index contributed by atoms with van der Waals surface area (Å²) in [6.45, 7) is 9.06. The maximum absolute atomic E-state index is 2.50. The number of hydrogen-bond donors (Lipinski definition) is 0. The Hall–Kier alpha value is -0.470. The summed E-state index contributed by atoms with van der Waals surface area (Å²) in [4.78, 5) is 3.85. The standard InChI is InChI=1S/C14H23NS/c1-5-15(6-2)12(3)11-13-7-9-14(16-4)10-8-13/h7-10,12H,5-6,11H2,1-4H3. The maximum Gasteiger partial charge on any atom is 0.0107 e. The molecule has 16 heavy (non-hydrogen) atoms. The minimum Gasteiger partial charge on any atom is -0.301 e. The van der Waals surface area contributed by atoms with Crippen molar-refractivity contribution in [1.29, 1.82) is 0 Å². The summed E-state index contributed by atoms with van der Waals surface area (Å²) >= 11 is 1.80. The van der Waals surface area contributed by atoms with Gasteiger partial charge in [0.15, 0.2) is 0 Å². The fourth-order valence-corrected chi connectivity index (χ4v) is 2.49. The molecule has 0 spiro atoms. The molecule has 0 saturated carbocycles. The molecule has 1 unspecified atom stereocenters. The highest BCUT2D eigenvalue weighted by molar-refractivity contribution is 7.98. The molecule has 1 rings (SSSR count). The second-order valence-electron chi connectivity index (χ2n) is 4.12. The molecule has 0 amide bonds. The largest absolute Gasteiger partial charge is 0.301 e. The molecule has 0 heterocycles. The number of nitrogens with zero attached hydrogens (tertiary/aromatic N) is 1. The monoisotopic (exact) mass is 237 g/mol. The lowest BCUT2D eigenvalue weighted by Crippen LogP contribution is -2.34. The van der Waals surface area contributed by atoms with Crippen LogP contribution in [0.25, 0.3) is 0 Å². The quantitative estimate of drug-likeness (QED) is 0.694. The maximum atomic E-state index is 2.50. The van der Waals surface area contributed by atoms with Crippen molar-refractivity contribution in [2.75, 3.05) is 19.3 Å². The van der Waals surface area contributed by atoms with Gasteiger partial charge in [0.05, 0.1) is 0 Å². The molecular weight excluding hydrogens is 214 g/mol. The van der Waals surface area contributed by atoms with Gasteiger partial charge in [0.25, 0.3) is 0 Å². The summed E-state index contributed by atoms with van der Waals surface area (Å²) in [5, 5.41) is 0. The van der Waals surface area contributed by atoms with Crippen molar-refractivity contribution < 1.29 is 0 Å². The van der Waals surface area contributed by atoms with Crippen LogP contribution in [0.4, 0.5) is 0 Å². The van der Waals surface area contributed by atoms with E-state index in [-0.39, 0.29) is 0 Å². The van der Waals surface area contributed by atoms with Crippen LogP contribution < -0.4 is 0 Å². The second-order valence-corrected chi connectivity index (χ2v) is 5.00. The molecular formula is C14H23NS. The van der Waals surface area contributed by atoms with Crippen molar-refractivity contribution in [1.82, 2.24) is 4.90 Å². The first-order valence-electron chi connectivity index (χ1n) is 6.08. The molecule has 2 heteroatoms.